The molecule has 0 aliphatic carbocycles. The van der Waals surface area contributed by atoms with Crippen LogP contribution in [0.3, 0.4) is 0 Å². The largest absolute Gasteiger partial charge is 0.423 e. The van der Waals surface area contributed by atoms with Gasteiger partial charge in [0.05, 0.1) is 5.56 Å². The summed E-state index contributed by atoms with van der Waals surface area (Å²) in [6.45, 7) is 2.91. The van der Waals surface area contributed by atoms with Crippen LogP contribution in [0.15, 0.2) is 27.4 Å². The van der Waals surface area contributed by atoms with Crippen LogP contribution in [0.25, 0.3) is 11.0 Å². The first-order valence-corrected chi connectivity index (χ1v) is 7.80. The number of halogens is 3. The molecule has 0 saturated carbocycles. The Morgan fingerprint density at radius 3 is 2.78 bits per heavy atom. The zero-order chi connectivity index (χ0) is 16.6. The summed E-state index contributed by atoms with van der Waals surface area (Å²) < 4.78 is 44.5. The molecule has 1 aliphatic heterocycles. The molecule has 0 amide bonds. The van der Waals surface area contributed by atoms with Crippen LogP contribution in [0.5, 0.6) is 0 Å². The second-order valence-electron chi connectivity index (χ2n) is 6.06. The Morgan fingerprint density at radius 1 is 1.30 bits per heavy atom. The van der Waals surface area contributed by atoms with Crippen molar-refractivity contribution in [2.24, 2.45) is 5.92 Å². The number of alkyl halides is 3. The highest BCUT2D eigenvalue weighted by Gasteiger charge is 2.34. The molecule has 1 aromatic carbocycles. The van der Waals surface area contributed by atoms with E-state index >= 15 is 0 Å². The molecule has 2 aromatic rings. The lowest BCUT2D eigenvalue weighted by atomic mass is 9.96. The Balaban J connectivity index is 2.10. The van der Waals surface area contributed by atoms with Gasteiger partial charge in [-0.1, -0.05) is 13.3 Å². The lowest BCUT2D eigenvalue weighted by molar-refractivity contribution is -0.136. The van der Waals surface area contributed by atoms with Crippen LogP contribution in [0.1, 0.15) is 37.3 Å². The van der Waals surface area contributed by atoms with Gasteiger partial charge in [-0.25, -0.2) is 4.79 Å². The van der Waals surface area contributed by atoms with Crippen molar-refractivity contribution in [1.82, 2.24) is 0 Å². The van der Waals surface area contributed by atoms with Crippen LogP contribution in [-0.4, -0.2) is 6.54 Å². The molecule has 1 aliphatic rings. The van der Waals surface area contributed by atoms with Gasteiger partial charge >= 0.3 is 11.8 Å². The quantitative estimate of drug-likeness (QED) is 0.821. The molecule has 124 valence electrons. The number of aryl methyl sites for hydroxylation is 1. The third-order valence-electron chi connectivity index (χ3n) is 4.37. The molecule has 0 saturated heterocycles. The molecule has 3 nitrogen and oxygen atoms in total. The maximum Gasteiger partial charge on any atom is 0.417 e. The van der Waals surface area contributed by atoms with Gasteiger partial charge in [0.25, 0.3) is 0 Å². The number of benzene rings is 1. The monoisotopic (exact) mass is 325 g/mol. The van der Waals surface area contributed by atoms with Crippen molar-refractivity contribution in [3.8, 4) is 0 Å². The summed E-state index contributed by atoms with van der Waals surface area (Å²) in [4.78, 5) is 11.4. The first-order valence-electron chi connectivity index (χ1n) is 7.80. The maximum atomic E-state index is 13.2. The summed E-state index contributed by atoms with van der Waals surface area (Å²) in [6, 6.07) is 3.56. The minimum atomic E-state index is -4.58. The highest BCUT2D eigenvalue weighted by atomic mass is 19.4. The van der Waals surface area contributed by atoms with E-state index < -0.39 is 17.4 Å². The van der Waals surface area contributed by atoms with Crippen molar-refractivity contribution >= 4 is 16.7 Å². The number of hydrogen-bond donors (Lipinski definition) is 1. The Bertz CT molecular complexity index is 780. The first-order chi connectivity index (χ1) is 10.9. The van der Waals surface area contributed by atoms with Gasteiger partial charge in [0.2, 0.25) is 0 Å². The molecule has 3 rings (SSSR count). The van der Waals surface area contributed by atoms with E-state index in [9.17, 15) is 18.0 Å². The molecule has 0 unspecified atom stereocenters. The summed E-state index contributed by atoms with van der Waals surface area (Å²) in [5, 5.41) is 3.24. The van der Waals surface area contributed by atoms with Gasteiger partial charge in [-0.3, -0.25) is 0 Å². The zero-order valence-electron chi connectivity index (χ0n) is 12.8. The van der Waals surface area contributed by atoms with Crippen molar-refractivity contribution < 1.29 is 17.6 Å². The minimum Gasteiger partial charge on any atom is -0.423 e. The minimum absolute atomic E-state index is 0.0231. The third-order valence-corrected chi connectivity index (χ3v) is 4.37. The van der Waals surface area contributed by atoms with Crippen molar-refractivity contribution in [1.29, 1.82) is 0 Å². The summed E-state index contributed by atoms with van der Waals surface area (Å²) in [7, 11) is 0. The zero-order valence-corrected chi connectivity index (χ0v) is 12.8. The fourth-order valence-corrected chi connectivity index (χ4v) is 3.23. The Morgan fingerprint density at radius 2 is 2.09 bits per heavy atom. The van der Waals surface area contributed by atoms with Crippen molar-refractivity contribution in [3.05, 3.63) is 39.7 Å². The average molecular weight is 325 g/mol. The topological polar surface area (TPSA) is 42.2 Å². The highest BCUT2D eigenvalue weighted by molar-refractivity contribution is 5.85. The Hall–Kier alpha value is -1.98. The first kappa shape index (κ1) is 15.9. The highest BCUT2D eigenvalue weighted by Crippen LogP contribution is 2.37. The van der Waals surface area contributed by atoms with Crippen LogP contribution in [-0.2, 0) is 12.6 Å². The van der Waals surface area contributed by atoms with Crippen LogP contribution in [0, 0.1) is 5.92 Å². The van der Waals surface area contributed by atoms with E-state index in [2.05, 4.69) is 12.2 Å². The maximum absolute atomic E-state index is 13.2. The molecule has 2 heterocycles. The van der Waals surface area contributed by atoms with Crippen LogP contribution in [0.2, 0.25) is 0 Å². The van der Waals surface area contributed by atoms with E-state index in [1.165, 1.54) is 12.1 Å². The Kier molecular flexibility index (Phi) is 4.08. The number of fused-ring (bicyclic) bond motifs is 2. The van der Waals surface area contributed by atoms with E-state index in [-0.39, 0.29) is 11.0 Å². The van der Waals surface area contributed by atoms with E-state index in [0.29, 0.717) is 12.0 Å². The van der Waals surface area contributed by atoms with Crippen molar-refractivity contribution in [3.63, 3.8) is 0 Å². The summed E-state index contributed by atoms with van der Waals surface area (Å²) in [5.41, 5.74) is -0.331. The van der Waals surface area contributed by atoms with Gasteiger partial charge in [-0.2, -0.15) is 13.2 Å². The molecule has 0 fully saturated rings. The van der Waals surface area contributed by atoms with E-state index in [1.807, 2.05) is 0 Å². The summed E-state index contributed by atoms with van der Waals surface area (Å²) in [5.74, 6) is 0.504. The number of rotatable bonds is 2. The predicted molar refractivity (Wildman–Crippen MR) is 82.7 cm³/mol. The lowest BCUT2D eigenvalue weighted by Crippen LogP contribution is -2.12. The molecule has 23 heavy (non-hydrogen) atoms. The molecule has 1 atom stereocenters. The average Bonchev–Trinajstić information content (AvgIpc) is 2.66. The molecule has 0 radical (unpaired) electrons. The SMILES string of the molecule is CCC[C@@H]1CCc2cc3c(C(F)(F)F)cc(=O)oc3cc2NC1. The smallest absolute Gasteiger partial charge is 0.417 e. The van der Waals surface area contributed by atoms with E-state index in [1.54, 1.807) is 0 Å². The van der Waals surface area contributed by atoms with Gasteiger partial charge < -0.3 is 9.73 Å². The second kappa shape index (κ2) is 5.91. The molecule has 1 aromatic heterocycles. The van der Waals surface area contributed by atoms with Crippen LogP contribution < -0.4 is 10.9 Å². The Labute approximate surface area is 131 Å². The molecule has 0 bridgehead atoms. The molecule has 0 spiro atoms. The summed E-state index contributed by atoms with van der Waals surface area (Å²) >= 11 is 0. The van der Waals surface area contributed by atoms with E-state index in [4.69, 9.17) is 4.42 Å². The van der Waals surface area contributed by atoms with Gasteiger partial charge in [0.1, 0.15) is 5.58 Å². The second-order valence-corrected chi connectivity index (χ2v) is 6.06. The number of nitrogens with one attached hydrogen (secondary N) is 1. The lowest BCUT2D eigenvalue weighted by Gasteiger charge is -2.13. The van der Waals surface area contributed by atoms with Crippen molar-refractivity contribution in [2.45, 2.75) is 38.8 Å². The standard InChI is InChI=1S/C17H18F3NO2/c1-2-3-10-4-5-11-6-12-13(17(18,19)20)7-16(22)23-15(12)8-14(11)21-9-10/h6-8,10,21H,2-5,9H2,1H3/t10-/m1/s1. The van der Waals surface area contributed by atoms with Gasteiger partial charge in [-0.05, 0) is 36.8 Å². The fourth-order valence-electron chi connectivity index (χ4n) is 3.23. The molecule has 1 N–H and O–H groups in total. The number of hydrogen-bond acceptors (Lipinski definition) is 3. The van der Waals surface area contributed by atoms with Gasteiger partial charge in [-0.15, -0.1) is 0 Å². The van der Waals surface area contributed by atoms with Crippen LogP contribution in [0.4, 0.5) is 18.9 Å². The molecular weight excluding hydrogens is 307 g/mol. The van der Waals surface area contributed by atoms with Crippen molar-refractivity contribution in [2.75, 3.05) is 11.9 Å². The predicted octanol–water partition coefficient (Wildman–Crippen LogP) is 4.59. The van der Waals surface area contributed by atoms with Gasteiger partial charge in [0.15, 0.2) is 0 Å². The molecular formula is C17H18F3NO2. The summed E-state index contributed by atoms with van der Waals surface area (Å²) in [6.07, 6.45) is -0.747. The van der Waals surface area contributed by atoms with Gasteiger partial charge in [0, 0.05) is 29.8 Å². The fraction of sp³-hybridized carbons (Fsp3) is 0.471. The third kappa shape index (κ3) is 3.21. The number of anilines is 1. The van der Waals surface area contributed by atoms with Crippen LogP contribution >= 0.6 is 0 Å². The normalized spacial score (nSPS) is 18.3. The van der Waals surface area contributed by atoms with E-state index in [0.717, 1.165) is 43.5 Å². The molecule has 6 heteroatoms.